The van der Waals surface area contributed by atoms with E-state index in [1.807, 2.05) is 0 Å². The molecular formula is C22H26N4OS2. The van der Waals surface area contributed by atoms with E-state index >= 15 is 0 Å². The maximum atomic E-state index is 5.86. The summed E-state index contributed by atoms with van der Waals surface area (Å²) in [6.07, 6.45) is 4.02. The minimum Gasteiger partial charge on any atom is -0.377 e. The van der Waals surface area contributed by atoms with E-state index in [4.69, 9.17) is 21.9 Å². The molecule has 2 N–H and O–H groups in total. The Kier molecular flexibility index (Phi) is 4.84. The molecule has 0 spiro atoms. The van der Waals surface area contributed by atoms with Gasteiger partial charge in [0, 0.05) is 30.2 Å². The van der Waals surface area contributed by atoms with E-state index in [2.05, 4.69) is 59.5 Å². The Morgan fingerprint density at radius 3 is 3.10 bits per heavy atom. The minimum atomic E-state index is 0.148. The third kappa shape index (κ3) is 3.67. The number of aromatic nitrogens is 2. The molecule has 2 aliphatic heterocycles. The molecule has 1 saturated heterocycles. The van der Waals surface area contributed by atoms with Crippen molar-refractivity contribution in [1.29, 1.82) is 0 Å². The molecule has 0 saturated carbocycles. The van der Waals surface area contributed by atoms with Crippen LogP contribution >= 0.6 is 23.6 Å². The summed E-state index contributed by atoms with van der Waals surface area (Å²) < 4.78 is 5.86. The van der Waals surface area contributed by atoms with Crippen LogP contribution in [0.25, 0.3) is 10.9 Å². The first-order valence-corrected chi connectivity index (χ1v) is 11.4. The number of ether oxygens (including phenoxy) is 1. The Labute approximate surface area is 180 Å². The van der Waals surface area contributed by atoms with Gasteiger partial charge in [0.2, 0.25) is 0 Å². The van der Waals surface area contributed by atoms with Crippen LogP contribution in [0.1, 0.15) is 30.0 Å². The molecule has 5 rings (SSSR count). The molecule has 4 heterocycles. The molecule has 7 heteroatoms. The fourth-order valence-electron chi connectivity index (χ4n) is 4.31. The number of benzene rings is 1. The van der Waals surface area contributed by atoms with E-state index < -0.39 is 0 Å². The smallest absolute Gasteiger partial charge is 0.186 e. The quantitative estimate of drug-likeness (QED) is 0.622. The largest absolute Gasteiger partial charge is 0.377 e. The van der Waals surface area contributed by atoms with Gasteiger partial charge in [0.05, 0.1) is 29.8 Å². The fourth-order valence-corrected chi connectivity index (χ4v) is 5.72. The zero-order valence-electron chi connectivity index (χ0n) is 16.8. The molecule has 152 valence electrons. The van der Waals surface area contributed by atoms with Gasteiger partial charge in [-0.15, -0.1) is 0 Å². The molecule has 2 aromatic heterocycles. The number of thiazole rings is 1. The number of fused-ring (bicyclic) bond motifs is 2. The van der Waals surface area contributed by atoms with Crippen LogP contribution in [0.4, 0.5) is 5.13 Å². The number of rotatable bonds is 3. The van der Waals surface area contributed by atoms with E-state index in [1.165, 1.54) is 16.5 Å². The summed E-state index contributed by atoms with van der Waals surface area (Å²) in [5, 5.41) is 5.80. The lowest BCUT2D eigenvalue weighted by molar-refractivity contribution is 0.0941. The maximum absolute atomic E-state index is 5.86. The van der Waals surface area contributed by atoms with Crippen LogP contribution < -0.4 is 10.2 Å². The van der Waals surface area contributed by atoms with Gasteiger partial charge in [0.15, 0.2) is 5.13 Å². The van der Waals surface area contributed by atoms with Crippen molar-refractivity contribution in [2.75, 3.05) is 31.2 Å². The minimum absolute atomic E-state index is 0.148. The van der Waals surface area contributed by atoms with Crippen molar-refractivity contribution in [3.63, 3.8) is 0 Å². The first kappa shape index (κ1) is 19.0. The van der Waals surface area contributed by atoms with Crippen molar-refractivity contribution >= 4 is 44.6 Å². The molecule has 0 bridgehead atoms. The lowest BCUT2D eigenvalue weighted by Crippen LogP contribution is -2.46. The molecule has 2 aliphatic rings. The fraction of sp³-hybridized carbons (Fsp3) is 0.455. The van der Waals surface area contributed by atoms with E-state index in [1.54, 1.807) is 11.3 Å². The van der Waals surface area contributed by atoms with Crippen molar-refractivity contribution in [1.82, 2.24) is 15.3 Å². The van der Waals surface area contributed by atoms with Crippen molar-refractivity contribution in [3.05, 3.63) is 46.6 Å². The van der Waals surface area contributed by atoms with Gasteiger partial charge in [-0.05, 0) is 29.9 Å². The zero-order valence-corrected chi connectivity index (χ0v) is 18.5. The molecule has 0 aliphatic carbocycles. The summed E-state index contributed by atoms with van der Waals surface area (Å²) in [5.74, 6) is 0. The number of H-pyrrole nitrogens is 1. The second kappa shape index (κ2) is 7.38. The van der Waals surface area contributed by atoms with Crippen LogP contribution in [-0.4, -0.2) is 47.3 Å². The highest BCUT2D eigenvalue weighted by atomic mass is 32.1. The molecule has 29 heavy (non-hydrogen) atoms. The number of para-hydroxylation sites is 1. The second-order valence-corrected chi connectivity index (χ2v) is 10.2. The number of thiocarbonyl (C=S) groups is 1. The van der Waals surface area contributed by atoms with Crippen LogP contribution in [0.5, 0.6) is 0 Å². The Morgan fingerprint density at radius 2 is 2.21 bits per heavy atom. The van der Waals surface area contributed by atoms with Gasteiger partial charge >= 0.3 is 0 Å². The lowest BCUT2D eigenvalue weighted by Gasteiger charge is -2.35. The van der Waals surface area contributed by atoms with E-state index in [0.29, 0.717) is 0 Å². The third-order valence-electron chi connectivity index (χ3n) is 5.87. The van der Waals surface area contributed by atoms with Gasteiger partial charge in [-0.2, -0.15) is 0 Å². The van der Waals surface area contributed by atoms with Gasteiger partial charge < -0.3 is 19.9 Å². The Bertz CT molecular complexity index is 1050. The van der Waals surface area contributed by atoms with Crippen molar-refractivity contribution in [2.45, 2.75) is 32.7 Å². The van der Waals surface area contributed by atoms with Crippen LogP contribution in [0.2, 0.25) is 0 Å². The molecule has 1 atom stereocenters. The van der Waals surface area contributed by atoms with E-state index in [-0.39, 0.29) is 11.5 Å². The lowest BCUT2D eigenvalue weighted by atomic mass is 9.88. The number of nitrogens with zero attached hydrogens (tertiary/aromatic N) is 2. The monoisotopic (exact) mass is 426 g/mol. The van der Waals surface area contributed by atoms with Crippen LogP contribution in [0.3, 0.4) is 0 Å². The van der Waals surface area contributed by atoms with Gasteiger partial charge in [0.1, 0.15) is 4.99 Å². The van der Waals surface area contributed by atoms with Crippen LogP contribution in [-0.2, 0) is 17.6 Å². The SMILES string of the molecule is CC1(C)CNC(=S)c2sc(N3CCOC[C@@H]3Cc3c[nH]c4ccccc34)nc2C1. The molecule has 0 amide bonds. The highest BCUT2D eigenvalue weighted by Crippen LogP contribution is 2.35. The summed E-state index contributed by atoms with van der Waals surface area (Å²) in [7, 11) is 0. The number of anilines is 1. The summed E-state index contributed by atoms with van der Waals surface area (Å²) in [5.41, 5.74) is 3.81. The first-order chi connectivity index (χ1) is 14.0. The molecule has 0 radical (unpaired) electrons. The van der Waals surface area contributed by atoms with Crippen molar-refractivity contribution in [3.8, 4) is 0 Å². The maximum Gasteiger partial charge on any atom is 0.186 e. The summed E-state index contributed by atoms with van der Waals surface area (Å²) in [6.45, 7) is 7.76. The van der Waals surface area contributed by atoms with Crippen LogP contribution in [0.15, 0.2) is 30.5 Å². The number of hydrogen-bond donors (Lipinski definition) is 2. The summed E-state index contributed by atoms with van der Waals surface area (Å²) in [6, 6.07) is 8.75. The number of aromatic amines is 1. The van der Waals surface area contributed by atoms with E-state index in [0.717, 1.165) is 59.8 Å². The summed E-state index contributed by atoms with van der Waals surface area (Å²) in [4.78, 5) is 12.9. The predicted molar refractivity (Wildman–Crippen MR) is 123 cm³/mol. The highest BCUT2D eigenvalue weighted by Gasteiger charge is 2.32. The normalized spacial score (nSPS) is 21.7. The Balaban J connectivity index is 1.45. The molecule has 3 aromatic rings. The van der Waals surface area contributed by atoms with Gasteiger partial charge in [-0.1, -0.05) is 55.6 Å². The average molecular weight is 427 g/mol. The third-order valence-corrected chi connectivity index (χ3v) is 7.50. The molecular weight excluding hydrogens is 400 g/mol. The predicted octanol–water partition coefficient (Wildman–Crippen LogP) is 3.92. The van der Waals surface area contributed by atoms with Gasteiger partial charge in [-0.3, -0.25) is 0 Å². The zero-order chi connectivity index (χ0) is 20.0. The second-order valence-electron chi connectivity index (χ2n) is 8.78. The van der Waals surface area contributed by atoms with E-state index in [9.17, 15) is 0 Å². The first-order valence-electron chi connectivity index (χ1n) is 10.2. The Hall–Kier alpha value is -1.96. The molecule has 1 aromatic carbocycles. The van der Waals surface area contributed by atoms with Crippen molar-refractivity contribution in [2.24, 2.45) is 5.41 Å². The number of nitrogens with one attached hydrogen (secondary N) is 2. The van der Waals surface area contributed by atoms with Gasteiger partial charge in [-0.25, -0.2) is 4.98 Å². The topological polar surface area (TPSA) is 53.2 Å². The van der Waals surface area contributed by atoms with Gasteiger partial charge in [0.25, 0.3) is 0 Å². The van der Waals surface area contributed by atoms with Crippen molar-refractivity contribution < 1.29 is 4.74 Å². The molecule has 1 fully saturated rings. The highest BCUT2D eigenvalue weighted by molar-refractivity contribution is 7.81. The average Bonchev–Trinajstić information content (AvgIpc) is 3.28. The Morgan fingerprint density at radius 1 is 1.34 bits per heavy atom. The standard InChI is InChI=1S/C22H26N4OS2/c1-22(2)10-18-19(20(28)24-13-22)29-21(25-18)26-7-8-27-12-15(26)9-14-11-23-17-6-4-3-5-16(14)17/h3-6,11,15,23H,7-10,12-13H2,1-2H3,(H,24,28)/t15-/m0/s1. The number of hydrogen-bond acceptors (Lipinski definition) is 5. The molecule has 0 unspecified atom stereocenters. The summed E-state index contributed by atoms with van der Waals surface area (Å²) >= 11 is 7.38. The number of morpholine rings is 1. The molecule has 5 nitrogen and oxygen atoms in total. The van der Waals surface area contributed by atoms with Crippen LogP contribution in [0, 0.1) is 5.41 Å².